The average molecular weight is 319 g/mol. The number of nitrogens with two attached hydrogens (primary N) is 1. The Labute approximate surface area is 129 Å². The third-order valence-electron chi connectivity index (χ3n) is 3.48. The van der Waals surface area contributed by atoms with Crippen molar-refractivity contribution >= 4 is 15.9 Å². The second kappa shape index (κ2) is 6.25. The van der Waals surface area contributed by atoms with Crippen molar-refractivity contribution in [2.45, 2.75) is 17.9 Å². The molecule has 1 atom stereocenters. The van der Waals surface area contributed by atoms with Crippen molar-refractivity contribution in [1.29, 1.82) is 0 Å². The van der Waals surface area contributed by atoms with Crippen LogP contribution in [0.15, 0.2) is 53.6 Å². The average Bonchev–Trinajstić information content (AvgIpc) is 2.53. The van der Waals surface area contributed by atoms with E-state index >= 15 is 0 Å². The summed E-state index contributed by atoms with van der Waals surface area (Å²) in [6.45, 7) is 1.85. The van der Waals surface area contributed by atoms with Gasteiger partial charge in [0.1, 0.15) is 5.69 Å². The molecule has 0 bridgehead atoms. The van der Waals surface area contributed by atoms with Gasteiger partial charge in [-0.25, -0.2) is 13.6 Å². The number of sulfonamides is 1. The lowest BCUT2D eigenvalue weighted by molar-refractivity contribution is 0.0736. The van der Waals surface area contributed by atoms with Crippen molar-refractivity contribution < 1.29 is 13.2 Å². The standard InChI is InChI=1S/C15H17N3O3S/c1-11(12-6-8-13(9-7-12)22(16,20)21)18(2)15(19)14-5-3-4-10-17-14/h3-11H,1-2H3,(H2,16,20,21)/t11-/m1/s1. The molecule has 0 aliphatic rings. The van der Waals surface area contributed by atoms with E-state index in [1.54, 1.807) is 48.5 Å². The van der Waals surface area contributed by atoms with Crippen LogP contribution in [0.1, 0.15) is 29.0 Å². The van der Waals surface area contributed by atoms with Crippen LogP contribution in [0.5, 0.6) is 0 Å². The summed E-state index contributed by atoms with van der Waals surface area (Å²) < 4.78 is 22.5. The van der Waals surface area contributed by atoms with Crippen LogP contribution in [0.3, 0.4) is 0 Å². The van der Waals surface area contributed by atoms with E-state index in [4.69, 9.17) is 5.14 Å². The molecule has 0 aliphatic carbocycles. The summed E-state index contributed by atoms with van der Waals surface area (Å²) in [6.07, 6.45) is 1.56. The zero-order valence-corrected chi connectivity index (χ0v) is 13.1. The Morgan fingerprint density at radius 3 is 2.32 bits per heavy atom. The lowest BCUT2D eigenvalue weighted by Crippen LogP contribution is -2.30. The molecule has 0 aliphatic heterocycles. The minimum atomic E-state index is -3.72. The second-order valence-corrected chi connectivity index (χ2v) is 6.48. The van der Waals surface area contributed by atoms with Gasteiger partial charge >= 0.3 is 0 Å². The summed E-state index contributed by atoms with van der Waals surface area (Å²) >= 11 is 0. The van der Waals surface area contributed by atoms with Crippen molar-refractivity contribution in [2.75, 3.05) is 7.05 Å². The molecule has 2 rings (SSSR count). The summed E-state index contributed by atoms with van der Waals surface area (Å²) in [4.78, 5) is 18.0. The van der Waals surface area contributed by atoms with Gasteiger partial charge in [-0.1, -0.05) is 18.2 Å². The zero-order valence-electron chi connectivity index (χ0n) is 12.3. The molecule has 7 heteroatoms. The fraction of sp³-hybridized carbons (Fsp3) is 0.200. The Hall–Kier alpha value is -2.25. The van der Waals surface area contributed by atoms with Crippen LogP contribution in [-0.4, -0.2) is 31.3 Å². The number of carbonyl (C=O) groups is 1. The van der Waals surface area contributed by atoms with Gasteiger partial charge in [-0.2, -0.15) is 0 Å². The van der Waals surface area contributed by atoms with Crippen molar-refractivity contribution in [2.24, 2.45) is 5.14 Å². The Morgan fingerprint density at radius 1 is 1.18 bits per heavy atom. The highest BCUT2D eigenvalue weighted by Gasteiger charge is 2.20. The van der Waals surface area contributed by atoms with E-state index in [2.05, 4.69) is 4.98 Å². The first kappa shape index (κ1) is 16.1. The van der Waals surface area contributed by atoms with Crippen LogP contribution < -0.4 is 5.14 Å². The SMILES string of the molecule is C[C@H](c1ccc(S(N)(=O)=O)cc1)N(C)C(=O)c1ccccn1. The lowest BCUT2D eigenvalue weighted by atomic mass is 10.1. The molecule has 116 valence electrons. The van der Waals surface area contributed by atoms with Gasteiger partial charge in [0.2, 0.25) is 10.0 Å². The molecule has 0 unspecified atom stereocenters. The maximum absolute atomic E-state index is 12.3. The number of hydrogen-bond acceptors (Lipinski definition) is 4. The third-order valence-corrected chi connectivity index (χ3v) is 4.41. The Morgan fingerprint density at radius 2 is 1.82 bits per heavy atom. The Balaban J connectivity index is 2.20. The smallest absolute Gasteiger partial charge is 0.272 e. The molecule has 0 saturated carbocycles. The molecule has 22 heavy (non-hydrogen) atoms. The van der Waals surface area contributed by atoms with Crippen LogP contribution >= 0.6 is 0 Å². The number of nitrogens with zero attached hydrogens (tertiary/aromatic N) is 2. The van der Waals surface area contributed by atoms with E-state index in [0.717, 1.165) is 5.56 Å². The monoisotopic (exact) mass is 319 g/mol. The molecule has 1 aromatic carbocycles. The highest BCUT2D eigenvalue weighted by atomic mass is 32.2. The summed E-state index contributed by atoms with van der Waals surface area (Å²) in [5.41, 5.74) is 1.16. The van der Waals surface area contributed by atoms with Gasteiger partial charge in [-0.15, -0.1) is 0 Å². The molecule has 2 N–H and O–H groups in total. The van der Waals surface area contributed by atoms with Crippen molar-refractivity contribution in [3.05, 3.63) is 59.9 Å². The van der Waals surface area contributed by atoms with E-state index in [0.29, 0.717) is 5.69 Å². The highest BCUT2D eigenvalue weighted by Crippen LogP contribution is 2.21. The van der Waals surface area contributed by atoms with Crippen LogP contribution in [0.2, 0.25) is 0 Å². The summed E-state index contributed by atoms with van der Waals surface area (Å²) in [5, 5.41) is 5.07. The quantitative estimate of drug-likeness (QED) is 0.925. The summed E-state index contributed by atoms with van der Waals surface area (Å²) in [5.74, 6) is -0.205. The first-order chi connectivity index (χ1) is 10.3. The maximum atomic E-state index is 12.3. The van der Waals surface area contributed by atoms with E-state index in [9.17, 15) is 13.2 Å². The Bertz CT molecular complexity index is 758. The largest absolute Gasteiger partial charge is 0.334 e. The lowest BCUT2D eigenvalue weighted by Gasteiger charge is -2.25. The zero-order chi connectivity index (χ0) is 16.3. The van der Waals surface area contributed by atoms with Crippen LogP contribution in [0, 0.1) is 0 Å². The number of benzene rings is 1. The number of rotatable bonds is 4. The van der Waals surface area contributed by atoms with Crippen LogP contribution in [-0.2, 0) is 10.0 Å². The maximum Gasteiger partial charge on any atom is 0.272 e. The van der Waals surface area contributed by atoms with Crippen LogP contribution in [0.25, 0.3) is 0 Å². The number of aromatic nitrogens is 1. The molecule has 1 amide bonds. The van der Waals surface area contributed by atoms with Crippen LogP contribution in [0.4, 0.5) is 0 Å². The van der Waals surface area contributed by atoms with E-state index in [-0.39, 0.29) is 16.8 Å². The molecular formula is C15H17N3O3S. The van der Waals surface area contributed by atoms with Gasteiger partial charge in [-0.3, -0.25) is 9.78 Å². The van der Waals surface area contributed by atoms with Gasteiger partial charge in [0.25, 0.3) is 5.91 Å². The van der Waals surface area contributed by atoms with Gasteiger partial charge in [-0.05, 0) is 36.8 Å². The molecule has 0 saturated heterocycles. The van der Waals surface area contributed by atoms with Crippen molar-refractivity contribution in [3.63, 3.8) is 0 Å². The molecule has 1 aromatic heterocycles. The normalized spacial score (nSPS) is 12.7. The number of primary sulfonamides is 1. The fourth-order valence-electron chi connectivity index (χ4n) is 2.01. The molecular weight excluding hydrogens is 302 g/mol. The van der Waals surface area contributed by atoms with Crippen molar-refractivity contribution in [3.8, 4) is 0 Å². The van der Waals surface area contributed by atoms with Crippen molar-refractivity contribution in [1.82, 2.24) is 9.88 Å². The summed E-state index contributed by atoms with van der Waals surface area (Å²) in [6, 6.07) is 11.1. The number of hydrogen-bond donors (Lipinski definition) is 1. The molecule has 0 fully saturated rings. The predicted molar refractivity (Wildman–Crippen MR) is 82.6 cm³/mol. The third kappa shape index (κ3) is 3.49. The number of carbonyl (C=O) groups excluding carboxylic acids is 1. The first-order valence-electron chi connectivity index (χ1n) is 6.61. The molecule has 2 aromatic rings. The highest BCUT2D eigenvalue weighted by molar-refractivity contribution is 7.89. The van der Waals surface area contributed by atoms with E-state index in [1.807, 2.05) is 6.92 Å². The molecule has 1 heterocycles. The molecule has 0 spiro atoms. The van der Waals surface area contributed by atoms with E-state index in [1.165, 1.54) is 12.1 Å². The number of amides is 1. The second-order valence-electron chi connectivity index (χ2n) is 4.92. The Kier molecular flexibility index (Phi) is 4.58. The van der Waals surface area contributed by atoms with Gasteiger partial charge < -0.3 is 4.90 Å². The van der Waals surface area contributed by atoms with Gasteiger partial charge in [0, 0.05) is 13.2 Å². The van der Waals surface area contributed by atoms with Gasteiger partial charge in [0.05, 0.1) is 10.9 Å². The number of pyridine rings is 1. The minimum Gasteiger partial charge on any atom is -0.334 e. The predicted octanol–water partition coefficient (Wildman–Crippen LogP) is 1.56. The van der Waals surface area contributed by atoms with Gasteiger partial charge in [0.15, 0.2) is 0 Å². The minimum absolute atomic E-state index is 0.0437. The van der Waals surface area contributed by atoms with E-state index < -0.39 is 10.0 Å². The summed E-state index contributed by atoms with van der Waals surface area (Å²) in [7, 11) is -2.04. The molecule has 0 radical (unpaired) electrons. The fourth-order valence-corrected chi connectivity index (χ4v) is 2.52. The first-order valence-corrected chi connectivity index (χ1v) is 8.16. The molecule has 6 nitrogen and oxygen atoms in total. The topological polar surface area (TPSA) is 93.4 Å².